The molecule has 1 fully saturated rings. The average Bonchev–Trinajstić information content (AvgIpc) is 3.27. The summed E-state index contributed by atoms with van der Waals surface area (Å²) >= 11 is 1.50. The van der Waals surface area contributed by atoms with Crippen LogP contribution in [0.3, 0.4) is 0 Å². The molecule has 5 rings (SSSR count). The van der Waals surface area contributed by atoms with Gasteiger partial charge < -0.3 is 15.5 Å². The van der Waals surface area contributed by atoms with E-state index in [1.54, 1.807) is 6.07 Å². The molecule has 0 radical (unpaired) electrons. The Bertz CT molecular complexity index is 1120. The van der Waals surface area contributed by atoms with Crippen molar-refractivity contribution in [3.05, 3.63) is 54.1 Å². The van der Waals surface area contributed by atoms with E-state index in [1.165, 1.54) is 11.8 Å². The first-order chi connectivity index (χ1) is 14.2. The van der Waals surface area contributed by atoms with E-state index >= 15 is 0 Å². The molecule has 0 spiro atoms. The van der Waals surface area contributed by atoms with Gasteiger partial charge in [-0.15, -0.1) is 11.8 Å². The Labute approximate surface area is 172 Å². The zero-order valence-corrected chi connectivity index (χ0v) is 16.6. The van der Waals surface area contributed by atoms with Crippen molar-refractivity contribution in [2.24, 2.45) is 0 Å². The molecule has 2 aromatic carbocycles. The van der Waals surface area contributed by atoms with Crippen LogP contribution < -0.4 is 15.5 Å². The first kappa shape index (κ1) is 18.0. The summed E-state index contributed by atoms with van der Waals surface area (Å²) in [6.07, 6.45) is 2.22. The second kappa shape index (κ2) is 7.40. The predicted molar refractivity (Wildman–Crippen MR) is 117 cm³/mol. The predicted octanol–water partition coefficient (Wildman–Crippen LogP) is 4.13. The molecule has 7 heteroatoms. The summed E-state index contributed by atoms with van der Waals surface area (Å²) in [5, 5.41) is 6.79. The number of fused-ring (bicyclic) bond motifs is 2. The van der Waals surface area contributed by atoms with Crippen LogP contribution in [-0.2, 0) is 4.79 Å². The number of thioether (sulfide) groups is 1. The number of pyridine rings is 1. The Morgan fingerprint density at radius 2 is 1.93 bits per heavy atom. The van der Waals surface area contributed by atoms with Gasteiger partial charge in [0, 0.05) is 29.1 Å². The molecule has 1 aromatic heterocycles. The van der Waals surface area contributed by atoms with Gasteiger partial charge in [-0.3, -0.25) is 9.59 Å². The maximum atomic E-state index is 13.2. The Hall–Kier alpha value is -3.06. The van der Waals surface area contributed by atoms with Gasteiger partial charge in [-0.05, 0) is 43.2 Å². The molecule has 29 heavy (non-hydrogen) atoms. The number of rotatable bonds is 3. The van der Waals surface area contributed by atoms with E-state index < -0.39 is 0 Å². The molecule has 0 saturated carbocycles. The van der Waals surface area contributed by atoms with Crippen LogP contribution in [0.5, 0.6) is 0 Å². The summed E-state index contributed by atoms with van der Waals surface area (Å²) in [5.74, 6) is 0.933. The molecule has 2 N–H and O–H groups in total. The van der Waals surface area contributed by atoms with Crippen molar-refractivity contribution in [2.45, 2.75) is 17.7 Å². The molecular weight excluding hydrogens is 384 g/mol. The Morgan fingerprint density at radius 3 is 2.79 bits per heavy atom. The summed E-state index contributed by atoms with van der Waals surface area (Å²) in [6, 6.07) is 15.4. The molecule has 3 aromatic rings. The van der Waals surface area contributed by atoms with Crippen molar-refractivity contribution < 1.29 is 9.59 Å². The highest BCUT2D eigenvalue weighted by Crippen LogP contribution is 2.34. The third kappa shape index (κ3) is 3.53. The SMILES string of the molecule is O=C1CSc2ccc(NC(=O)c3cc4ccccc4nc3N3CCCC3)cc2N1. The van der Waals surface area contributed by atoms with Crippen LogP contribution in [0.25, 0.3) is 10.9 Å². The third-order valence-corrected chi connectivity index (χ3v) is 6.30. The fourth-order valence-electron chi connectivity index (χ4n) is 3.80. The molecular formula is C22H20N4O2S. The normalized spacial score (nSPS) is 15.9. The van der Waals surface area contributed by atoms with Crippen LogP contribution in [0, 0.1) is 0 Å². The van der Waals surface area contributed by atoms with Gasteiger partial charge in [0.25, 0.3) is 5.91 Å². The molecule has 6 nitrogen and oxygen atoms in total. The average molecular weight is 404 g/mol. The third-order valence-electron chi connectivity index (χ3n) is 5.22. The molecule has 146 valence electrons. The summed E-state index contributed by atoms with van der Waals surface area (Å²) in [4.78, 5) is 32.9. The zero-order valence-electron chi connectivity index (χ0n) is 15.8. The number of hydrogen-bond acceptors (Lipinski definition) is 5. The van der Waals surface area contributed by atoms with E-state index in [9.17, 15) is 9.59 Å². The monoisotopic (exact) mass is 404 g/mol. The molecule has 0 aliphatic carbocycles. The lowest BCUT2D eigenvalue weighted by Gasteiger charge is -2.21. The minimum atomic E-state index is -0.195. The van der Waals surface area contributed by atoms with Crippen molar-refractivity contribution in [3.63, 3.8) is 0 Å². The summed E-state index contributed by atoms with van der Waals surface area (Å²) in [6.45, 7) is 1.82. The van der Waals surface area contributed by atoms with Crippen molar-refractivity contribution in [1.82, 2.24) is 4.98 Å². The number of aromatic nitrogens is 1. The first-order valence-electron chi connectivity index (χ1n) is 9.70. The second-order valence-electron chi connectivity index (χ2n) is 7.25. The lowest BCUT2D eigenvalue weighted by atomic mass is 10.1. The largest absolute Gasteiger partial charge is 0.356 e. The number of carbonyl (C=O) groups excluding carboxylic acids is 2. The maximum Gasteiger partial charge on any atom is 0.259 e. The lowest BCUT2D eigenvalue weighted by Crippen LogP contribution is -2.24. The number of carbonyl (C=O) groups is 2. The fourth-order valence-corrected chi connectivity index (χ4v) is 4.59. The van der Waals surface area contributed by atoms with E-state index in [-0.39, 0.29) is 11.8 Å². The Kier molecular flexibility index (Phi) is 4.60. The van der Waals surface area contributed by atoms with Gasteiger partial charge in [0.15, 0.2) is 0 Å². The second-order valence-corrected chi connectivity index (χ2v) is 8.27. The Morgan fingerprint density at radius 1 is 1.10 bits per heavy atom. The standard InChI is InChI=1S/C22H20N4O2S/c27-20-13-29-19-8-7-15(12-18(19)24-20)23-22(28)16-11-14-5-1-2-6-17(14)25-21(16)26-9-3-4-10-26/h1-2,5-8,11-12H,3-4,9-10,13H2,(H,23,28)(H,24,27). The fraction of sp³-hybridized carbons (Fsp3) is 0.227. The highest BCUT2D eigenvalue weighted by atomic mass is 32.2. The van der Waals surface area contributed by atoms with Gasteiger partial charge in [-0.25, -0.2) is 4.98 Å². The van der Waals surface area contributed by atoms with E-state index in [0.717, 1.165) is 53.2 Å². The van der Waals surface area contributed by atoms with Gasteiger partial charge in [0.1, 0.15) is 5.82 Å². The lowest BCUT2D eigenvalue weighted by molar-refractivity contribution is -0.113. The number of benzene rings is 2. The molecule has 1 saturated heterocycles. The highest BCUT2D eigenvalue weighted by molar-refractivity contribution is 8.00. The van der Waals surface area contributed by atoms with Gasteiger partial charge in [0.05, 0.1) is 22.5 Å². The topological polar surface area (TPSA) is 74.3 Å². The molecule has 3 heterocycles. The minimum Gasteiger partial charge on any atom is -0.356 e. The number of amides is 2. The summed E-state index contributed by atoms with van der Waals surface area (Å²) in [5.41, 5.74) is 2.85. The number of para-hydroxylation sites is 1. The quantitative estimate of drug-likeness (QED) is 0.687. The van der Waals surface area contributed by atoms with Gasteiger partial charge in [-0.1, -0.05) is 18.2 Å². The smallest absolute Gasteiger partial charge is 0.259 e. The first-order valence-corrected chi connectivity index (χ1v) is 10.7. The molecule has 2 amide bonds. The molecule has 2 aliphatic heterocycles. The van der Waals surface area contributed by atoms with Crippen molar-refractivity contribution in [2.75, 3.05) is 34.4 Å². The van der Waals surface area contributed by atoms with Crippen LogP contribution in [-0.4, -0.2) is 35.6 Å². The Balaban J connectivity index is 1.49. The van der Waals surface area contributed by atoms with Crippen LogP contribution in [0.1, 0.15) is 23.2 Å². The number of nitrogens with zero attached hydrogens (tertiary/aromatic N) is 2. The summed E-state index contributed by atoms with van der Waals surface area (Å²) in [7, 11) is 0. The highest BCUT2D eigenvalue weighted by Gasteiger charge is 2.23. The van der Waals surface area contributed by atoms with Crippen LogP contribution >= 0.6 is 11.8 Å². The molecule has 0 bridgehead atoms. The number of nitrogens with one attached hydrogen (secondary N) is 2. The molecule has 2 aliphatic rings. The zero-order chi connectivity index (χ0) is 19.8. The minimum absolute atomic E-state index is 0.0268. The van der Waals surface area contributed by atoms with Gasteiger partial charge >= 0.3 is 0 Å². The maximum absolute atomic E-state index is 13.2. The van der Waals surface area contributed by atoms with Crippen molar-refractivity contribution in [3.8, 4) is 0 Å². The number of anilines is 3. The van der Waals surface area contributed by atoms with Crippen LogP contribution in [0.4, 0.5) is 17.2 Å². The van der Waals surface area contributed by atoms with Gasteiger partial charge in [-0.2, -0.15) is 0 Å². The van der Waals surface area contributed by atoms with Crippen LogP contribution in [0.15, 0.2) is 53.4 Å². The summed E-state index contributed by atoms with van der Waals surface area (Å²) < 4.78 is 0. The molecule has 0 atom stereocenters. The van der Waals surface area contributed by atoms with Crippen molar-refractivity contribution in [1.29, 1.82) is 0 Å². The van der Waals surface area contributed by atoms with E-state index in [1.807, 2.05) is 42.5 Å². The van der Waals surface area contributed by atoms with Gasteiger partial charge in [0.2, 0.25) is 5.91 Å². The van der Waals surface area contributed by atoms with E-state index in [0.29, 0.717) is 17.0 Å². The van der Waals surface area contributed by atoms with E-state index in [4.69, 9.17) is 4.98 Å². The van der Waals surface area contributed by atoms with Crippen LogP contribution in [0.2, 0.25) is 0 Å². The molecule has 0 unspecified atom stereocenters. The number of hydrogen-bond donors (Lipinski definition) is 2. The van der Waals surface area contributed by atoms with E-state index in [2.05, 4.69) is 15.5 Å². The van der Waals surface area contributed by atoms with Crippen molar-refractivity contribution >= 4 is 51.7 Å².